The van der Waals surface area contributed by atoms with Gasteiger partial charge >= 0.3 is 6.18 Å². The van der Waals surface area contributed by atoms with Crippen LogP contribution in [0.15, 0.2) is 46.4 Å². The van der Waals surface area contributed by atoms with E-state index in [-0.39, 0.29) is 18.1 Å². The molecule has 5 nitrogen and oxygen atoms in total. The number of hydrogen-bond donors (Lipinski definition) is 1. The van der Waals surface area contributed by atoms with E-state index in [1.807, 2.05) is 0 Å². The Morgan fingerprint density at radius 3 is 2.59 bits per heavy atom. The number of rotatable bonds is 3. The molecule has 0 saturated heterocycles. The molecule has 1 aliphatic heterocycles. The van der Waals surface area contributed by atoms with Gasteiger partial charge in [0.25, 0.3) is 5.91 Å². The summed E-state index contributed by atoms with van der Waals surface area (Å²) < 4.78 is 49.3. The van der Waals surface area contributed by atoms with E-state index in [2.05, 4.69) is 21.2 Å². The maximum Gasteiger partial charge on any atom is 0.416 e. The minimum absolute atomic E-state index is 0.0656. The van der Waals surface area contributed by atoms with Gasteiger partial charge in [-0.1, -0.05) is 22.0 Å². The highest BCUT2D eigenvalue weighted by Crippen LogP contribution is 2.37. The Kier molecular flexibility index (Phi) is 5.10. The van der Waals surface area contributed by atoms with Gasteiger partial charge < -0.3 is 14.8 Å². The Labute approximate surface area is 160 Å². The highest BCUT2D eigenvalue weighted by atomic mass is 79.9. The molecular weight excluding hydrogens is 429 g/mol. The molecular formula is C18H10BrF3N2O3. The number of carbonyl (C=O) groups is 1. The van der Waals surface area contributed by atoms with Crippen molar-refractivity contribution >= 4 is 33.6 Å². The van der Waals surface area contributed by atoms with E-state index < -0.39 is 17.6 Å². The molecule has 0 radical (unpaired) electrons. The number of amides is 1. The predicted molar refractivity (Wildman–Crippen MR) is 93.9 cm³/mol. The second kappa shape index (κ2) is 7.32. The smallest absolute Gasteiger partial charge is 0.416 e. The van der Waals surface area contributed by atoms with Gasteiger partial charge in [-0.3, -0.25) is 4.79 Å². The Morgan fingerprint density at radius 2 is 1.93 bits per heavy atom. The van der Waals surface area contributed by atoms with Gasteiger partial charge in [0.1, 0.15) is 11.6 Å². The zero-order chi connectivity index (χ0) is 19.6. The van der Waals surface area contributed by atoms with E-state index in [0.717, 1.165) is 12.1 Å². The molecule has 2 aromatic rings. The van der Waals surface area contributed by atoms with Crippen molar-refractivity contribution in [2.24, 2.45) is 0 Å². The van der Waals surface area contributed by atoms with Gasteiger partial charge in [-0.25, -0.2) is 0 Å². The van der Waals surface area contributed by atoms with Gasteiger partial charge in [0.2, 0.25) is 6.79 Å². The fourth-order valence-corrected chi connectivity index (χ4v) is 2.76. The first-order valence-corrected chi connectivity index (χ1v) is 8.27. The SMILES string of the molecule is N#C/C(=C\c1cc2c(cc1Br)OCO2)C(=O)Nc1cccc(C(F)(F)F)c1. The van der Waals surface area contributed by atoms with Crippen LogP contribution in [0.25, 0.3) is 6.08 Å². The summed E-state index contributed by atoms with van der Waals surface area (Å²) in [6, 6.07) is 9.12. The van der Waals surface area contributed by atoms with Crippen LogP contribution in [0, 0.1) is 11.3 Å². The van der Waals surface area contributed by atoms with Crippen LogP contribution in [0.2, 0.25) is 0 Å². The van der Waals surface area contributed by atoms with Gasteiger partial charge in [-0.05, 0) is 42.0 Å². The summed E-state index contributed by atoms with van der Waals surface area (Å²) in [6.07, 6.45) is -3.24. The van der Waals surface area contributed by atoms with E-state index in [1.165, 1.54) is 18.2 Å². The molecule has 3 rings (SSSR count). The topological polar surface area (TPSA) is 71.3 Å². The molecule has 27 heavy (non-hydrogen) atoms. The third-order valence-electron chi connectivity index (χ3n) is 3.60. The molecule has 2 aromatic carbocycles. The maximum absolute atomic E-state index is 12.8. The zero-order valence-electron chi connectivity index (χ0n) is 13.4. The van der Waals surface area contributed by atoms with Crippen LogP contribution in [0.4, 0.5) is 18.9 Å². The first-order valence-electron chi connectivity index (χ1n) is 7.47. The zero-order valence-corrected chi connectivity index (χ0v) is 15.0. The highest BCUT2D eigenvalue weighted by molar-refractivity contribution is 9.10. The largest absolute Gasteiger partial charge is 0.454 e. The molecule has 0 saturated carbocycles. The summed E-state index contributed by atoms with van der Waals surface area (Å²) in [4.78, 5) is 12.3. The fraction of sp³-hybridized carbons (Fsp3) is 0.111. The van der Waals surface area contributed by atoms with Gasteiger partial charge in [-0.2, -0.15) is 18.4 Å². The number of halogens is 4. The molecule has 9 heteroatoms. The minimum Gasteiger partial charge on any atom is -0.454 e. The Bertz CT molecular complexity index is 981. The van der Waals surface area contributed by atoms with Crippen LogP contribution in [0.1, 0.15) is 11.1 Å². The molecule has 0 aromatic heterocycles. The molecule has 0 aliphatic carbocycles. The van der Waals surface area contributed by atoms with Crippen molar-refractivity contribution in [1.29, 1.82) is 5.26 Å². The van der Waals surface area contributed by atoms with Crippen LogP contribution in [-0.4, -0.2) is 12.7 Å². The fourth-order valence-electron chi connectivity index (χ4n) is 2.32. The molecule has 0 bridgehead atoms. The summed E-state index contributed by atoms with van der Waals surface area (Å²) >= 11 is 3.31. The summed E-state index contributed by atoms with van der Waals surface area (Å²) in [6.45, 7) is 0.0656. The van der Waals surface area contributed by atoms with Gasteiger partial charge in [0.05, 0.1) is 5.56 Å². The lowest BCUT2D eigenvalue weighted by molar-refractivity contribution is -0.137. The lowest BCUT2D eigenvalue weighted by atomic mass is 10.1. The number of ether oxygens (including phenoxy) is 2. The van der Waals surface area contributed by atoms with Crippen molar-refractivity contribution in [2.75, 3.05) is 12.1 Å². The van der Waals surface area contributed by atoms with Crippen molar-refractivity contribution < 1.29 is 27.4 Å². The van der Waals surface area contributed by atoms with Crippen LogP contribution in [0.3, 0.4) is 0 Å². The van der Waals surface area contributed by atoms with Crippen LogP contribution in [0.5, 0.6) is 11.5 Å². The minimum atomic E-state index is -4.54. The normalized spacial score (nSPS) is 13.2. The van der Waals surface area contributed by atoms with Crippen molar-refractivity contribution in [3.8, 4) is 17.6 Å². The Morgan fingerprint density at radius 1 is 1.22 bits per heavy atom. The molecule has 1 heterocycles. The van der Waals surface area contributed by atoms with E-state index in [4.69, 9.17) is 9.47 Å². The summed E-state index contributed by atoms with van der Waals surface area (Å²) in [5, 5.41) is 11.6. The lowest BCUT2D eigenvalue weighted by Gasteiger charge is -2.09. The molecule has 1 aliphatic rings. The summed E-state index contributed by atoms with van der Waals surface area (Å²) in [7, 11) is 0. The molecule has 0 unspecified atom stereocenters. The first kappa shape index (κ1) is 18.8. The van der Waals surface area contributed by atoms with Gasteiger partial charge in [0.15, 0.2) is 11.5 Å². The quantitative estimate of drug-likeness (QED) is 0.554. The number of anilines is 1. The molecule has 0 fully saturated rings. The predicted octanol–water partition coefficient (Wildman–Crippen LogP) is 4.74. The van der Waals surface area contributed by atoms with E-state index >= 15 is 0 Å². The monoisotopic (exact) mass is 438 g/mol. The molecule has 138 valence electrons. The second-order valence-corrected chi connectivity index (χ2v) is 6.28. The third kappa shape index (κ3) is 4.23. The van der Waals surface area contributed by atoms with Crippen molar-refractivity contribution in [2.45, 2.75) is 6.18 Å². The standard InChI is InChI=1S/C18H10BrF3N2O3/c19-14-7-16-15(26-9-27-16)5-10(14)4-11(8-23)17(25)24-13-3-1-2-12(6-13)18(20,21)22/h1-7H,9H2,(H,24,25)/b11-4+. The van der Waals surface area contributed by atoms with E-state index in [9.17, 15) is 23.2 Å². The number of benzene rings is 2. The van der Waals surface area contributed by atoms with E-state index in [0.29, 0.717) is 21.5 Å². The maximum atomic E-state index is 12.8. The van der Waals surface area contributed by atoms with Gasteiger partial charge in [-0.15, -0.1) is 0 Å². The van der Waals surface area contributed by atoms with Crippen LogP contribution < -0.4 is 14.8 Å². The molecule has 0 atom stereocenters. The summed E-state index contributed by atoms with van der Waals surface area (Å²) in [5.74, 6) is 0.146. The highest BCUT2D eigenvalue weighted by Gasteiger charge is 2.30. The average Bonchev–Trinajstić information content (AvgIpc) is 3.06. The number of carbonyl (C=O) groups excluding carboxylic acids is 1. The lowest BCUT2D eigenvalue weighted by Crippen LogP contribution is -2.14. The van der Waals surface area contributed by atoms with E-state index in [1.54, 1.807) is 18.2 Å². The van der Waals surface area contributed by atoms with Crippen LogP contribution in [-0.2, 0) is 11.0 Å². The number of nitrogens with one attached hydrogen (secondary N) is 1. The average molecular weight is 439 g/mol. The second-order valence-electron chi connectivity index (χ2n) is 5.43. The third-order valence-corrected chi connectivity index (χ3v) is 4.29. The number of hydrogen-bond acceptors (Lipinski definition) is 4. The number of nitrogens with zero attached hydrogens (tertiary/aromatic N) is 1. The molecule has 0 spiro atoms. The Hall–Kier alpha value is -2.99. The number of alkyl halides is 3. The first-order chi connectivity index (χ1) is 12.8. The van der Waals surface area contributed by atoms with Gasteiger partial charge in [0, 0.05) is 10.2 Å². The number of fused-ring (bicyclic) bond motifs is 1. The van der Waals surface area contributed by atoms with Crippen LogP contribution >= 0.6 is 15.9 Å². The molecule has 1 amide bonds. The Balaban J connectivity index is 1.85. The van der Waals surface area contributed by atoms with Crippen molar-refractivity contribution in [3.05, 3.63) is 57.6 Å². The number of nitriles is 1. The van der Waals surface area contributed by atoms with Crippen molar-refractivity contribution in [3.63, 3.8) is 0 Å². The molecule has 1 N–H and O–H groups in total. The van der Waals surface area contributed by atoms with Crippen molar-refractivity contribution in [1.82, 2.24) is 0 Å². The summed E-state index contributed by atoms with van der Waals surface area (Å²) in [5.41, 5.74) is -0.774.